The summed E-state index contributed by atoms with van der Waals surface area (Å²) in [7, 11) is 0. The van der Waals surface area contributed by atoms with Crippen molar-refractivity contribution in [1.82, 2.24) is 9.97 Å². The molecule has 0 saturated heterocycles. The Bertz CT molecular complexity index is 1610. The van der Waals surface area contributed by atoms with Crippen LogP contribution in [-0.4, -0.2) is 22.3 Å². The zero-order valence-electron chi connectivity index (χ0n) is 23.7. The van der Waals surface area contributed by atoms with Gasteiger partial charge in [-0.05, 0) is 23.5 Å². The van der Waals surface area contributed by atoms with Crippen LogP contribution >= 0.6 is 0 Å². The zero-order valence-corrected chi connectivity index (χ0v) is 26.1. The summed E-state index contributed by atoms with van der Waals surface area (Å²) < 4.78 is 99.1. The summed E-state index contributed by atoms with van der Waals surface area (Å²) in [5.74, 6) is -0.556. The van der Waals surface area contributed by atoms with Gasteiger partial charge in [0, 0.05) is 55.3 Å². The number of aromatic nitrogens is 2. The largest absolute Gasteiger partial charge is 0.665 e. The van der Waals surface area contributed by atoms with Gasteiger partial charge in [0.2, 0.25) is 0 Å². The third-order valence-corrected chi connectivity index (χ3v) is 5.88. The summed E-state index contributed by atoms with van der Waals surface area (Å²) in [4.78, 5) is 8.25. The van der Waals surface area contributed by atoms with Crippen LogP contribution in [0.15, 0.2) is 144 Å². The Morgan fingerprint density at radius 1 is 0.532 bits per heavy atom. The van der Waals surface area contributed by atoms with Crippen LogP contribution < -0.4 is 0 Å². The van der Waals surface area contributed by atoms with Crippen molar-refractivity contribution >= 4 is 0 Å². The Kier molecular flexibility index (Phi) is 12.9. The van der Waals surface area contributed by atoms with E-state index in [1.54, 1.807) is 24.5 Å². The number of rotatable bonds is 2. The average molecular weight is 829 g/mol. The predicted molar refractivity (Wildman–Crippen MR) is 157 cm³/mol. The standard InChI is InChI=1S/C12H6F6N2.2C11H7FN.Ir/c13-11(14,15)7-1-3-9(19-5-7)10-4-2-8(6-20-10)12(16,17)18;2*12-10-6-4-9(5-7-10)11-3-1-2-8-13-11;/h1-6H;2*1-4,6-8H;/q-2;2*-1;. The molecule has 6 rings (SSSR count). The minimum absolute atomic E-state index is 0. The van der Waals surface area contributed by atoms with E-state index in [0.717, 1.165) is 46.8 Å². The van der Waals surface area contributed by atoms with Gasteiger partial charge in [0.25, 0.3) is 0 Å². The predicted octanol–water partition coefficient (Wildman–Crippen LogP) is 10.4. The molecule has 2 aliphatic heterocycles. The number of alkyl halides is 6. The second kappa shape index (κ2) is 16.6. The molecule has 47 heavy (non-hydrogen) atoms. The topological polar surface area (TPSA) is 54.0 Å². The van der Waals surface area contributed by atoms with E-state index < -0.39 is 23.5 Å². The van der Waals surface area contributed by atoms with Crippen LogP contribution in [0.25, 0.3) is 33.1 Å². The van der Waals surface area contributed by atoms with Crippen molar-refractivity contribution in [3.63, 3.8) is 0 Å². The Morgan fingerprint density at radius 2 is 0.936 bits per heavy atom. The summed E-state index contributed by atoms with van der Waals surface area (Å²) in [5, 5.41) is 7.09. The third-order valence-electron chi connectivity index (χ3n) is 5.88. The van der Waals surface area contributed by atoms with Crippen LogP contribution in [0.2, 0.25) is 0 Å². The molecule has 2 aromatic carbocycles. The molecule has 0 atom stereocenters. The van der Waals surface area contributed by atoms with Crippen molar-refractivity contribution in [2.75, 3.05) is 0 Å². The number of benzene rings is 2. The van der Waals surface area contributed by atoms with Gasteiger partial charge in [0.15, 0.2) is 0 Å². The van der Waals surface area contributed by atoms with Crippen molar-refractivity contribution < 1.29 is 55.2 Å². The zero-order chi connectivity index (χ0) is 33.2. The van der Waals surface area contributed by atoms with E-state index in [-0.39, 0.29) is 43.1 Å². The molecule has 4 nitrogen and oxygen atoms in total. The molecule has 4 heterocycles. The molecule has 4 aromatic rings. The van der Waals surface area contributed by atoms with Crippen LogP contribution in [-0.2, 0) is 20.1 Å². The smallest absolute Gasteiger partial charge is 0.414 e. The van der Waals surface area contributed by atoms with Crippen LogP contribution in [0.4, 0.5) is 35.1 Å². The van der Waals surface area contributed by atoms with Crippen molar-refractivity contribution in [2.45, 2.75) is 12.4 Å². The first-order valence-electron chi connectivity index (χ1n) is 13.1. The summed E-state index contributed by atoms with van der Waals surface area (Å²) in [6.45, 7) is 0. The molecule has 13 heteroatoms. The second-order valence-corrected chi connectivity index (χ2v) is 9.13. The molecule has 0 saturated carbocycles. The van der Waals surface area contributed by atoms with Crippen molar-refractivity contribution in [3.05, 3.63) is 179 Å². The summed E-state index contributed by atoms with van der Waals surface area (Å²) in [5.41, 5.74) is 1.48. The van der Waals surface area contributed by atoms with Crippen molar-refractivity contribution in [1.29, 1.82) is 0 Å². The molecule has 0 amide bonds. The fraction of sp³-hybridized carbons (Fsp3) is 0.0588. The monoisotopic (exact) mass is 829 g/mol. The van der Waals surface area contributed by atoms with Gasteiger partial charge >= 0.3 is 12.4 Å². The van der Waals surface area contributed by atoms with E-state index in [1.807, 2.05) is 36.4 Å². The number of nitrogens with zero attached hydrogens (tertiary/aromatic N) is 4. The molecule has 0 spiro atoms. The molecular formula is C34H20F8IrN4-4. The molecule has 0 N–H and O–H groups in total. The van der Waals surface area contributed by atoms with Crippen LogP contribution in [0.3, 0.4) is 0 Å². The van der Waals surface area contributed by atoms with Gasteiger partial charge in [0.1, 0.15) is 0 Å². The van der Waals surface area contributed by atoms with Crippen LogP contribution in [0, 0.1) is 23.8 Å². The maximum absolute atomic E-state index is 12.6. The number of hydrogen-bond donors (Lipinski definition) is 0. The van der Waals surface area contributed by atoms with Crippen LogP contribution in [0.5, 0.6) is 0 Å². The Balaban J connectivity index is 0.000000196. The third kappa shape index (κ3) is 11.2. The molecule has 245 valence electrons. The normalized spacial score (nSPS) is 15.2. The van der Waals surface area contributed by atoms with Gasteiger partial charge in [-0.3, -0.25) is 8.78 Å². The van der Waals surface area contributed by atoms with Crippen molar-refractivity contribution in [2.24, 2.45) is 0 Å². The molecule has 1 radical (unpaired) electrons. The van der Waals surface area contributed by atoms with Gasteiger partial charge in [-0.2, -0.15) is 50.1 Å². The molecular weight excluding hydrogens is 809 g/mol. The number of halogens is 8. The number of pyridine rings is 2. The summed E-state index contributed by atoms with van der Waals surface area (Å²) in [6, 6.07) is 25.6. The first kappa shape index (κ1) is 36.6. The Labute approximate surface area is 278 Å². The molecule has 2 aromatic heterocycles. The first-order valence-corrected chi connectivity index (χ1v) is 13.1. The average Bonchev–Trinajstić information content (AvgIpc) is 3.06. The van der Waals surface area contributed by atoms with Gasteiger partial charge in [-0.25, -0.2) is 0 Å². The maximum atomic E-state index is 12.6. The van der Waals surface area contributed by atoms with E-state index in [1.165, 1.54) is 24.3 Å². The molecule has 2 aliphatic rings. The SMILES string of the molecule is FC(F)(F)C1=C[N-]C(=C2C=CC(C(F)(F)F)=C[N-]2)C=C1.Fc1c[c-]c(-c2ccccn2)cc1.Fc1c[c-]c(-c2ccccn2)cc1.[Ir]. The summed E-state index contributed by atoms with van der Waals surface area (Å²) in [6.07, 6.45) is -0.721. The number of hydrogen-bond acceptors (Lipinski definition) is 2. The van der Waals surface area contributed by atoms with E-state index in [4.69, 9.17) is 0 Å². The Morgan fingerprint density at radius 3 is 1.19 bits per heavy atom. The molecule has 0 aliphatic carbocycles. The fourth-order valence-corrected chi connectivity index (χ4v) is 3.60. The molecule has 0 bridgehead atoms. The van der Waals surface area contributed by atoms with Gasteiger partial charge in [-0.15, -0.1) is 59.7 Å². The van der Waals surface area contributed by atoms with E-state index in [9.17, 15) is 35.1 Å². The minimum atomic E-state index is -4.51. The maximum Gasteiger partial charge on any atom is 0.414 e. The fourth-order valence-electron chi connectivity index (χ4n) is 3.60. The quantitative estimate of drug-likeness (QED) is 0.149. The Hall–Kier alpha value is -4.87. The summed E-state index contributed by atoms with van der Waals surface area (Å²) >= 11 is 0. The molecule has 0 unspecified atom stereocenters. The van der Waals surface area contributed by atoms with Gasteiger partial charge < -0.3 is 20.6 Å². The minimum Gasteiger partial charge on any atom is -0.665 e. The second-order valence-electron chi connectivity index (χ2n) is 9.13. The van der Waals surface area contributed by atoms with Crippen molar-refractivity contribution in [3.8, 4) is 22.5 Å². The number of allylic oxidation sites excluding steroid dienone is 6. The van der Waals surface area contributed by atoms with Gasteiger partial charge in [-0.1, -0.05) is 48.6 Å². The van der Waals surface area contributed by atoms with Gasteiger partial charge in [0.05, 0.1) is 0 Å². The van der Waals surface area contributed by atoms with E-state index in [0.29, 0.717) is 12.4 Å². The molecule has 0 fully saturated rings. The first-order chi connectivity index (χ1) is 21.9. The van der Waals surface area contributed by atoms with E-state index in [2.05, 4.69) is 32.7 Å². The van der Waals surface area contributed by atoms with E-state index >= 15 is 0 Å². The van der Waals surface area contributed by atoms with Crippen LogP contribution in [0.1, 0.15) is 0 Å².